The van der Waals surface area contributed by atoms with Crippen molar-refractivity contribution in [3.05, 3.63) is 42.0 Å². The van der Waals surface area contributed by atoms with Crippen LogP contribution in [-0.4, -0.2) is 18.3 Å². The molecule has 0 radical (unpaired) electrons. The second-order valence-corrected chi connectivity index (χ2v) is 5.48. The van der Waals surface area contributed by atoms with Crippen LogP contribution in [0.2, 0.25) is 0 Å². The molecule has 2 heteroatoms. The minimum absolute atomic E-state index is 0.778. The molecule has 2 rings (SSSR count). The summed E-state index contributed by atoms with van der Waals surface area (Å²) in [6.07, 6.45) is 2.69. The maximum atomic E-state index is 4.12. The number of thioether (sulfide) groups is 1. The predicted octanol–water partition coefficient (Wildman–Crippen LogP) is 3.40. The molecular formula is C14H19NS. The highest BCUT2D eigenvalue weighted by atomic mass is 32.2. The number of aryl methyl sites for hydroxylation is 1. The first-order chi connectivity index (χ1) is 7.75. The van der Waals surface area contributed by atoms with E-state index < -0.39 is 0 Å². The monoisotopic (exact) mass is 233 g/mol. The lowest BCUT2D eigenvalue weighted by atomic mass is 10.2. The lowest BCUT2D eigenvalue weighted by molar-refractivity contribution is 0.736. The molecule has 0 saturated heterocycles. The van der Waals surface area contributed by atoms with E-state index in [9.17, 15) is 0 Å². The summed E-state index contributed by atoms with van der Waals surface area (Å²) in [5, 5.41) is 3.49. The fourth-order valence-corrected chi connectivity index (χ4v) is 2.46. The van der Waals surface area contributed by atoms with Crippen LogP contribution in [-0.2, 0) is 0 Å². The highest BCUT2D eigenvalue weighted by Gasteiger charge is 2.19. The quantitative estimate of drug-likeness (QED) is 0.597. The van der Waals surface area contributed by atoms with Gasteiger partial charge in [0.25, 0.3) is 0 Å². The molecule has 0 bridgehead atoms. The molecule has 0 atom stereocenters. The molecule has 1 aliphatic rings. The van der Waals surface area contributed by atoms with Crippen molar-refractivity contribution < 1.29 is 0 Å². The first-order valence-corrected chi connectivity index (χ1v) is 6.83. The zero-order chi connectivity index (χ0) is 11.4. The maximum Gasteiger partial charge on any atom is 0.0200 e. The van der Waals surface area contributed by atoms with Crippen LogP contribution in [0.15, 0.2) is 41.3 Å². The third-order valence-electron chi connectivity index (χ3n) is 2.74. The summed E-state index contributed by atoms with van der Waals surface area (Å²) >= 11 is 1.89. The summed E-state index contributed by atoms with van der Waals surface area (Å²) in [5.41, 5.74) is 2.65. The highest BCUT2D eigenvalue weighted by molar-refractivity contribution is 7.99. The average Bonchev–Trinajstić information content (AvgIpc) is 3.09. The molecule has 1 aromatic carbocycles. The molecule has 1 N–H and O–H groups in total. The van der Waals surface area contributed by atoms with Crippen LogP contribution in [0.4, 0.5) is 0 Å². The summed E-state index contributed by atoms with van der Waals surface area (Å²) < 4.78 is 0. The first-order valence-electron chi connectivity index (χ1n) is 5.84. The van der Waals surface area contributed by atoms with Crippen LogP contribution >= 0.6 is 11.8 Å². The Morgan fingerprint density at radius 1 is 1.44 bits per heavy atom. The van der Waals surface area contributed by atoms with Gasteiger partial charge in [-0.2, -0.15) is 0 Å². The fourth-order valence-electron chi connectivity index (χ4n) is 1.53. The van der Waals surface area contributed by atoms with Crippen molar-refractivity contribution in [1.29, 1.82) is 0 Å². The van der Waals surface area contributed by atoms with Gasteiger partial charge in [0.15, 0.2) is 0 Å². The molecule has 1 saturated carbocycles. The van der Waals surface area contributed by atoms with Gasteiger partial charge in [0.2, 0.25) is 0 Å². The van der Waals surface area contributed by atoms with E-state index in [0.717, 1.165) is 18.3 Å². The number of hydrogen-bond donors (Lipinski definition) is 1. The molecule has 1 aliphatic carbocycles. The SMILES string of the molecule is C=C(CNC1CC1)CSc1ccccc1C. The highest BCUT2D eigenvalue weighted by Crippen LogP contribution is 2.24. The van der Waals surface area contributed by atoms with Crippen LogP contribution in [0, 0.1) is 6.92 Å². The molecule has 0 heterocycles. The van der Waals surface area contributed by atoms with Crippen molar-refractivity contribution in [3.63, 3.8) is 0 Å². The van der Waals surface area contributed by atoms with Gasteiger partial charge >= 0.3 is 0 Å². The Hall–Kier alpha value is -0.730. The Kier molecular flexibility index (Phi) is 4.08. The summed E-state index contributed by atoms with van der Waals surface area (Å²) in [6.45, 7) is 7.25. The number of benzene rings is 1. The van der Waals surface area contributed by atoms with E-state index >= 15 is 0 Å². The van der Waals surface area contributed by atoms with E-state index in [2.05, 4.69) is 43.1 Å². The zero-order valence-corrected chi connectivity index (χ0v) is 10.6. The van der Waals surface area contributed by atoms with Gasteiger partial charge < -0.3 is 5.32 Å². The van der Waals surface area contributed by atoms with Gasteiger partial charge in [-0.1, -0.05) is 30.4 Å². The molecule has 1 aromatic rings. The van der Waals surface area contributed by atoms with Crippen molar-refractivity contribution in [1.82, 2.24) is 5.32 Å². The number of nitrogens with one attached hydrogen (secondary N) is 1. The Morgan fingerprint density at radius 3 is 2.88 bits per heavy atom. The topological polar surface area (TPSA) is 12.0 Å². The molecule has 0 aliphatic heterocycles. The van der Waals surface area contributed by atoms with Crippen LogP contribution in [0.3, 0.4) is 0 Å². The van der Waals surface area contributed by atoms with Gasteiger partial charge in [0.1, 0.15) is 0 Å². The molecule has 1 fully saturated rings. The molecule has 16 heavy (non-hydrogen) atoms. The Balaban J connectivity index is 1.73. The summed E-state index contributed by atoms with van der Waals surface area (Å²) in [4.78, 5) is 1.37. The van der Waals surface area contributed by atoms with Crippen LogP contribution < -0.4 is 5.32 Å². The van der Waals surface area contributed by atoms with Crippen molar-refractivity contribution in [2.75, 3.05) is 12.3 Å². The average molecular weight is 233 g/mol. The molecular weight excluding hydrogens is 214 g/mol. The first kappa shape index (κ1) is 11.7. The van der Waals surface area contributed by atoms with Gasteiger partial charge in [0.05, 0.1) is 0 Å². The van der Waals surface area contributed by atoms with Gasteiger partial charge in [-0.05, 0) is 31.4 Å². The van der Waals surface area contributed by atoms with Gasteiger partial charge in [-0.15, -0.1) is 11.8 Å². The van der Waals surface area contributed by atoms with Gasteiger partial charge in [-0.25, -0.2) is 0 Å². The normalized spacial score (nSPS) is 15.1. The summed E-state index contributed by atoms with van der Waals surface area (Å²) in [5.74, 6) is 1.02. The predicted molar refractivity (Wildman–Crippen MR) is 72.1 cm³/mol. The van der Waals surface area contributed by atoms with Crippen molar-refractivity contribution >= 4 is 11.8 Å². The number of rotatable bonds is 6. The second kappa shape index (κ2) is 5.55. The lowest BCUT2D eigenvalue weighted by Gasteiger charge is -2.08. The summed E-state index contributed by atoms with van der Waals surface area (Å²) in [7, 11) is 0. The van der Waals surface area contributed by atoms with Crippen molar-refractivity contribution in [2.45, 2.75) is 30.7 Å². The van der Waals surface area contributed by atoms with Crippen molar-refractivity contribution in [3.8, 4) is 0 Å². The van der Waals surface area contributed by atoms with E-state index in [-0.39, 0.29) is 0 Å². The van der Waals surface area contributed by atoms with Gasteiger partial charge in [0, 0.05) is 23.2 Å². The third kappa shape index (κ3) is 3.69. The molecule has 86 valence electrons. The smallest absolute Gasteiger partial charge is 0.0200 e. The van der Waals surface area contributed by atoms with E-state index in [4.69, 9.17) is 0 Å². The van der Waals surface area contributed by atoms with E-state index in [1.165, 1.54) is 28.9 Å². The number of hydrogen-bond acceptors (Lipinski definition) is 2. The van der Waals surface area contributed by atoms with E-state index in [1.807, 2.05) is 11.8 Å². The van der Waals surface area contributed by atoms with Gasteiger partial charge in [-0.3, -0.25) is 0 Å². The lowest BCUT2D eigenvalue weighted by Crippen LogP contribution is -2.19. The summed E-state index contributed by atoms with van der Waals surface area (Å²) in [6, 6.07) is 9.30. The minimum Gasteiger partial charge on any atom is -0.310 e. The molecule has 0 unspecified atom stereocenters. The van der Waals surface area contributed by atoms with Crippen LogP contribution in [0.5, 0.6) is 0 Å². The largest absolute Gasteiger partial charge is 0.310 e. The standard InChI is InChI=1S/C14H19NS/c1-11(9-15-13-7-8-13)10-16-14-6-4-3-5-12(14)2/h3-6,13,15H,1,7-10H2,2H3. The third-order valence-corrected chi connectivity index (χ3v) is 4.07. The Labute approximate surface area is 102 Å². The Bertz CT molecular complexity index is 369. The molecule has 0 amide bonds. The fraction of sp³-hybridized carbons (Fsp3) is 0.429. The Morgan fingerprint density at radius 2 is 2.19 bits per heavy atom. The molecule has 0 spiro atoms. The maximum absolute atomic E-state index is 4.12. The molecule has 1 nitrogen and oxygen atoms in total. The minimum atomic E-state index is 0.778. The van der Waals surface area contributed by atoms with E-state index in [0.29, 0.717) is 0 Å². The molecule has 0 aromatic heterocycles. The second-order valence-electron chi connectivity index (χ2n) is 4.46. The van der Waals surface area contributed by atoms with Crippen molar-refractivity contribution in [2.24, 2.45) is 0 Å². The van der Waals surface area contributed by atoms with Crippen LogP contribution in [0.25, 0.3) is 0 Å². The van der Waals surface area contributed by atoms with E-state index in [1.54, 1.807) is 0 Å². The zero-order valence-electron chi connectivity index (χ0n) is 9.83. The van der Waals surface area contributed by atoms with Crippen LogP contribution in [0.1, 0.15) is 18.4 Å².